The molecule has 1 atom stereocenters. The summed E-state index contributed by atoms with van der Waals surface area (Å²) in [5.41, 5.74) is 2.25. The van der Waals surface area contributed by atoms with Crippen LogP contribution in [0.1, 0.15) is 12.0 Å². The Bertz CT molecular complexity index is 358. The third-order valence-electron chi connectivity index (χ3n) is 2.82. The van der Waals surface area contributed by atoms with Crippen LogP contribution >= 0.6 is 0 Å². The quantitative estimate of drug-likeness (QED) is 0.794. The average Bonchev–Trinajstić information content (AvgIpc) is 2.53. The van der Waals surface area contributed by atoms with Crippen LogP contribution < -0.4 is 5.32 Å². The van der Waals surface area contributed by atoms with Crippen LogP contribution in [0.4, 0.5) is 5.69 Å². The second kappa shape index (κ2) is 3.93. The van der Waals surface area contributed by atoms with Crippen molar-refractivity contribution in [1.29, 1.82) is 0 Å². The molecule has 1 N–H and O–H groups in total. The lowest BCUT2D eigenvalue weighted by atomic mass is 10.2. The number of rotatable bonds is 2. The average molecular weight is 204 g/mol. The number of hydrogen-bond donors (Lipinski definition) is 1. The van der Waals surface area contributed by atoms with Crippen molar-refractivity contribution in [2.24, 2.45) is 0 Å². The zero-order valence-electron chi connectivity index (χ0n) is 9.16. The number of carbonyl (C=O) groups is 1. The molecule has 1 aliphatic heterocycles. The molecule has 1 aromatic carbocycles. The van der Waals surface area contributed by atoms with Gasteiger partial charge in [-0.2, -0.15) is 0 Å². The van der Waals surface area contributed by atoms with Gasteiger partial charge in [-0.05, 0) is 25.5 Å². The molecule has 0 aromatic heterocycles. The smallest absolute Gasteiger partial charge is 0.244 e. The zero-order chi connectivity index (χ0) is 10.8. The van der Waals surface area contributed by atoms with Crippen LogP contribution in [0.2, 0.25) is 0 Å². The summed E-state index contributed by atoms with van der Waals surface area (Å²) in [5, 5.41) is 3.26. The minimum Gasteiger partial charge on any atom is -0.374 e. The normalized spacial score (nSPS) is 20.8. The first-order chi connectivity index (χ1) is 7.16. The number of carbonyl (C=O) groups excluding carboxylic acids is 1. The van der Waals surface area contributed by atoms with Gasteiger partial charge >= 0.3 is 0 Å². The van der Waals surface area contributed by atoms with Gasteiger partial charge in [0.15, 0.2) is 0 Å². The predicted octanol–water partition coefficient (Wildman–Crippen LogP) is 1.64. The molecule has 0 bridgehead atoms. The molecule has 0 aliphatic carbocycles. The van der Waals surface area contributed by atoms with Gasteiger partial charge in [-0.3, -0.25) is 4.79 Å². The topological polar surface area (TPSA) is 32.3 Å². The molecule has 1 fully saturated rings. The van der Waals surface area contributed by atoms with Crippen molar-refractivity contribution in [3.05, 3.63) is 29.8 Å². The van der Waals surface area contributed by atoms with Gasteiger partial charge in [-0.15, -0.1) is 0 Å². The number of anilines is 1. The summed E-state index contributed by atoms with van der Waals surface area (Å²) >= 11 is 0. The molecule has 1 aliphatic rings. The Hall–Kier alpha value is -1.51. The van der Waals surface area contributed by atoms with E-state index in [9.17, 15) is 4.79 Å². The highest BCUT2D eigenvalue weighted by Crippen LogP contribution is 2.16. The lowest BCUT2D eigenvalue weighted by Crippen LogP contribution is -2.30. The molecule has 1 amide bonds. The molecule has 3 heteroatoms. The molecule has 0 spiro atoms. The lowest BCUT2D eigenvalue weighted by Gasteiger charge is -2.13. The Kier molecular flexibility index (Phi) is 2.62. The van der Waals surface area contributed by atoms with E-state index in [1.807, 2.05) is 31.3 Å². The van der Waals surface area contributed by atoms with E-state index in [2.05, 4.69) is 12.2 Å². The molecule has 1 saturated heterocycles. The standard InChI is InChI=1S/C12H16N2O/c1-9-3-5-10(6-4-9)13-11-7-8-14(2)12(11)15/h3-6,11,13H,7-8H2,1-2H3. The second-order valence-corrected chi connectivity index (χ2v) is 4.11. The fourth-order valence-corrected chi connectivity index (χ4v) is 1.81. The van der Waals surface area contributed by atoms with Crippen LogP contribution in [0.5, 0.6) is 0 Å². The third-order valence-corrected chi connectivity index (χ3v) is 2.82. The fraction of sp³-hybridized carbons (Fsp3) is 0.417. The number of amides is 1. The molecule has 2 rings (SSSR count). The minimum absolute atomic E-state index is 0.0438. The molecule has 0 radical (unpaired) electrons. The van der Waals surface area contributed by atoms with Crippen molar-refractivity contribution in [2.75, 3.05) is 18.9 Å². The van der Waals surface area contributed by atoms with E-state index in [1.54, 1.807) is 4.90 Å². The number of aryl methyl sites for hydroxylation is 1. The molecule has 1 aromatic rings. The summed E-state index contributed by atoms with van der Waals surface area (Å²) in [6.07, 6.45) is 0.892. The second-order valence-electron chi connectivity index (χ2n) is 4.11. The number of nitrogens with zero attached hydrogens (tertiary/aromatic N) is 1. The van der Waals surface area contributed by atoms with Crippen molar-refractivity contribution in [1.82, 2.24) is 4.90 Å². The van der Waals surface area contributed by atoms with Crippen LogP contribution in [0.15, 0.2) is 24.3 Å². The summed E-state index contributed by atoms with van der Waals surface area (Å²) < 4.78 is 0. The number of likely N-dealkylation sites (tertiary alicyclic amines) is 1. The van der Waals surface area contributed by atoms with Crippen LogP contribution in [0.25, 0.3) is 0 Å². The van der Waals surface area contributed by atoms with Crippen molar-refractivity contribution in [2.45, 2.75) is 19.4 Å². The molecule has 0 saturated carbocycles. The lowest BCUT2D eigenvalue weighted by molar-refractivity contribution is -0.127. The molecule has 3 nitrogen and oxygen atoms in total. The number of likely N-dealkylation sites (N-methyl/N-ethyl adjacent to an activating group) is 1. The molecular weight excluding hydrogens is 188 g/mol. The van der Waals surface area contributed by atoms with E-state index >= 15 is 0 Å². The van der Waals surface area contributed by atoms with Gasteiger partial charge in [-0.1, -0.05) is 17.7 Å². The largest absolute Gasteiger partial charge is 0.374 e. The predicted molar refractivity (Wildman–Crippen MR) is 60.8 cm³/mol. The first-order valence-corrected chi connectivity index (χ1v) is 5.25. The highest BCUT2D eigenvalue weighted by molar-refractivity contribution is 5.86. The van der Waals surface area contributed by atoms with Crippen LogP contribution in [-0.2, 0) is 4.79 Å². The molecular formula is C12H16N2O. The highest BCUT2D eigenvalue weighted by Gasteiger charge is 2.28. The van der Waals surface area contributed by atoms with E-state index in [-0.39, 0.29) is 11.9 Å². The molecule has 1 heterocycles. The van der Waals surface area contributed by atoms with E-state index in [4.69, 9.17) is 0 Å². The van der Waals surface area contributed by atoms with Gasteiger partial charge < -0.3 is 10.2 Å². The summed E-state index contributed by atoms with van der Waals surface area (Å²) in [5.74, 6) is 0.190. The third kappa shape index (κ3) is 2.12. The van der Waals surface area contributed by atoms with Crippen LogP contribution in [-0.4, -0.2) is 30.4 Å². The van der Waals surface area contributed by atoms with Gasteiger partial charge in [0.1, 0.15) is 6.04 Å². The van der Waals surface area contributed by atoms with Crippen LogP contribution in [0.3, 0.4) is 0 Å². The highest BCUT2D eigenvalue weighted by atomic mass is 16.2. The number of hydrogen-bond acceptors (Lipinski definition) is 2. The first-order valence-electron chi connectivity index (χ1n) is 5.25. The van der Waals surface area contributed by atoms with E-state index in [1.165, 1.54) is 5.56 Å². The Balaban J connectivity index is 2.03. The maximum absolute atomic E-state index is 11.6. The fourth-order valence-electron chi connectivity index (χ4n) is 1.81. The van der Waals surface area contributed by atoms with Crippen molar-refractivity contribution in [3.8, 4) is 0 Å². The van der Waals surface area contributed by atoms with E-state index < -0.39 is 0 Å². The SMILES string of the molecule is Cc1ccc(NC2CCN(C)C2=O)cc1. The van der Waals surface area contributed by atoms with Crippen molar-refractivity contribution < 1.29 is 4.79 Å². The minimum atomic E-state index is -0.0438. The van der Waals surface area contributed by atoms with Crippen LogP contribution in [0, 0.1) is 6.92 Å². The van der Waals surface area contributed by atoms with Gasteiger partial charge in [0.05, 0.1) is 0 Å². The molecule has 1 unspecified atom stereocenters. The monoisotopic (exact) mass is 204 g/mol. The Labute approximate surface area is 90.1 Å². The van der Waals surface area contributed by atoms with Gasteiger partial charge in [0.2, 0.25) is 5.91 Å². The Morgan fingerprint density at radius 3 is 2.53 bits per heavy atom. The Morgan fingerprint density at radius 2 is 2.00 bits per heavy atom. The Morgan fingerprint density at radius 1 is 1.33 bits per heavy atom. The molecule has 80 valence electrons. The van der Waals surface area contributed by atoms with Gasteiger partial charge in [0.25, 0.3) is 0 Å². The number of benzene rings is 1. The summed E-state index contributed by atoms with van der Waals surface area (Å²) in [6, 6.07) is 8.08. The van der Waals surface area contributed by atoms with E-state index in [0.29, 0.717) is 0 Å². The number of nitrogens with one attached hydrogen (secondary N) is 1. The summed E-state index contributed by atoms with van der Waals surface area (Å²) in [7, 11) is 1.85. The van der Waals surface area contributed by atoms with Gasteiger partial charge in [-0.25, -0.2) is 0 Å². The van der Waals surface area contributed by atoms with Crippen molar-refractivity contribution >= 4 is 11.6 Å². The summed E-state index contributed by atoms with van der Waals surface area (Å²) in [4.78, 5) is 13.4. The maximum atomic E-state index is 11.6. The van der Waals surface area contributed by atoms with Gasteiger partial charge in [0, 0.05) is 19.3 Å². The summed E-state index contributed by atoms with van der Waals surface area (Å²) in [6.45, 7) is 2.90. The van der Waals surface area contributed by atoms with E-state index in [0.717, 1.165) is 18.7 Å². The zero-order valence-corrected chi connectivity index (χ0v) is 9.16. The van der Waals surface area contributed by atoms with Crippen molar-refractivity contribution in [3.63, 3.8) is 0 Å². The maximum Gasteiger partial charge on any atom is 0.244 e. The first kappa shape index (κ1) is 10.0. The molecule has 15 heavy (non-hydrogen) atoms.